The molecule has 17 heavy (non-hydrogen) atoms. The molecule has 1 N–H and O–H groups in total. The molecule has 0 aliphatic carbocycles. The molecule has 1 amide bonds. The topological polar surface area (TPSA) is 32.3 Å². The maximum absolute atomic E-state index is 12.1. The third kappa shape index (κ3) is 5.77. The number of piperidine rings is 1. The fourth-order valence-electron chi connectivity index (χ4n) is 2.31. The Kier molecular flexibility index (Phi) is 7.69. The van der Waals surface area contributed by atoms with Gasteiger partial charge in [-0.05, 0) is 44.5 Å². The first kappa shape index (κ1) is 14.8. The molecule has 0 atom stereocenters. The van der Waals surface area contributed by atoms with E-state index >= 15 is 0 Å². The normalized spacial score (nSPS) is 17.1. The van der Waals surface area contributed by atoms with Gasteiger partial charge in [0.1, 0.15) is 0 Å². The van der Waals surface area contributed by atoms with Crippen LogP contribution in [0.5, 0.6) is 0 Å². The summed E-state index contributed by atoms with van der Waals surface area (Å²) < 4.78 is 0. The number of hydrogen-bond acceptors (Lipinski definition) is 3. The Morgan fingerprint density at radius 3 is 2.71 bits per heavy atom. The van der Waals surface area contributed by atoms with Gasteiger partial charge >= 0.3 is 0 Å². The van der Waals surface area contributed by atoms with Gasteiger partial charge in [-0.25, -0.2) is 0 Å². The van der Waals surface area contributed by atoms with Crippen molar-refractivity contribution in [1.29, 1.82) is 0 Å². The molecule has 0 bridgehead atoms. The molecular formula is C13H26N2OS. The molecular weight excluding hydrogens is 232 g/mol. The SMILES string of the molecule is CCCN(CC1CCNCC1)C(=O)CCSC. The van der Waals surface area contributed by atoms with Crippen molar-refractivity contribution < 1.29 is 4.79 Å². The lowest BCUT2D eigenvalue weighted by Gasteiger charge is -2.30. The average molecular weight is 258 g/mol. The van der Waals surface area contributed by atoms with Gasteiger partial charge < -0.3 is 10.2 Å². The van der Waals surface area contributed by atoms with Crippen LogP contribution in [0.3, 0.4) is 0 Å². The Morgan fingerprint density at radius 1 is 1.41 bits per heavy atom. The summed E-state index contributed by atoms with van der Waals surface area (Å²) in [6.07, 6.45) is 6.26. The van der Waals surface area contributed by atoms with E-state index in [4.69, 9.17) is 0 Å². The van der Waals surface area contributed by atoms with E-state index in [1.807, 2.05) is 0 Å². The van der Waals surface area contributed by atoms with Gasteiger partial charge in [-0.1, -0.05) is 6.92 Å². The first-order chi connectivity index (χ1) is 8.27. The van der Waals surface area contributed by atoms with Crippen molar-refractivity contribution in [3.8, 4) is 0 Å². The first-order valence-corrected chi connectivity index (χ1v) is 8.14. The predicted octanol–water partition coefficient (Wildman–Crippen LogP) is 1.98. The van der Waals surface area contributed by atoms with Gasteiger partial charge in [0.25, 0.3) is 0 Å². The molecule has 1 aliphatic rings. The van der Waals surface area contributed by atoms with E-state index in [1.165, 1.54) is 12.8 Å². The standard InChI is InChI=1S/C13H26N2OS/c1-3-9-15(13(16)6-10-17-2)11-12-4-7-14-8-5-12/h12,14H,3-11H2,1-2H3. The van der Waals surface area contributed by atoms with E-state index in [-0.39, 0.29) is 0 Å². The molecule has 0 aromatic heterocycles. The number of carbonyl (C=O) groups excluding carboxylic acids is 1. The predicted molar refractivity (Wildman–Crippen MR) is 75.5 cm³/mol. The quantitative estimate of drug-likeness (QED) is 0.758. The Bertz CT molecular complexity index is 217. The van der Waals surface area contributed by atoms with E-state index in [0.717, 1.165) is 38.4 Å². The van der Waals surface area contributed by atoms with Gasteiger partial charge in [-0.2, -0.15) is 11.8 Å². The highest BCUT2D eigenvalue weighted by Gasteiger charge is 2.19. The zero-order chi connectivity index (χ0) is 12.5. The van der Waals surface area contributed by atoms with E-state index in [2.05, 4.69) is 23.4 Å². The summed E-state index contributed by atoms with van der Waals surface area (Å²) in [5, 5.41) is 3.38. The number of hydrogen-bond donors (Lipinski definition) is 1. The van der Waals surface area contributed by atoms with Gasteiger partial charge in [-0.15, -0.1) is 0 Å². The Labute approximate surface area is 110 Å². The number of nitrogens with one attached hydrogen (secondary N) is 1. The van der Waals surface area contributed by atoms with Gasteiger partial charge in [0.15, 0.2) is 0 Å². The molecule has 1 fully saturated rings. The molecule has 0 spiro atoms. The van der Waals surface area contributed by atoms with Crippen molar-refractivity contribution in [2.45, 2.75) is 32.6 Å². The summed E-state index contributed by atoms with van der Waals surface area (Å²) >= 11 is 1.75. The summed E-state index contributed by atoms with van der Waals surface area (Å²) in [5.41, 5.74) is 0. The maximum Gasteiger partial charge on any atom is 0.223 e. The minimum absolute atomic E-state index is 0.347. The summed E-state index contributed by atoms with van der Waals surface area (Å²) in [6, 6.07) is 0. The smallest absolute Gasteiger partial charge is 0.223 e. The monoisotopic (exact) mass is 258 g/mol. The number of carbonyl (C=O) groups is 1. The Morgan fingerprint density at radius 2 is 2.12 bits per heavy atom. The molecule has 1 saturated heterocycles. The van der Waals surface area contributed by atoms with E-state index in [0.29, 0.717) is 18.2 Å². The molecule has 1 heterocycles. The van der Waals surface area contributed by atoms with Crippen LogP contribution in [-0.2, 0) is 4.79 Å². The summed E-state index contributed by atoms with van der Waals surface area (Å²) in [5.74, 6) is 2.01. The van der Waals surface area contributed by atoms with Crippen LogP contribution >= 0.6 is 11.8 Å². The number of thioether (sulfide) groups is 1. The highest BCUT2D eigenvalue weighted by molar-refractivity contribution is 7.98. The number of amides is 1. The van der Waals surface area contributed by atoms with Crippen molar-refractivity contribution in [3.63, 3.8) is 0 Å². The second-order valence-corrected chi connectivity index (χ2v) is 5.76. The Balaban J connectivity index is 2.37. The minimum Gasteiger partial charge on any atom is -0.342 e. The maximum atomic E-state index is 12.1. The second kappa shape index (κ2) is 8.81. The van der Waals surface area contributed by atoms with Crippen LogP contribution in [0.25, 0.3) is 0 Å². The van der Waals surface area contributed by atoms with Crippen molar-refractivity contribution in [1.82, 2.24) is 10.2 Å². The van der Waals surface area contributed by atoms with Crippen LogP contribution in [0.1, 0.15) is 32.6 Å². The van der Waals surface area contributed by atoms with Crippen molar-refractivity contribution in [2.75, 3.05) is 38.2 Å². The van der Waals surface area contributed by atoms with Crippen LogP contribution in [0.15, 0.2) is 0 Å². The number of nitrogens with zero attached hydrogens (tertiary/aromatic N) is 1. The summed E-state index contributed by atoms with van der Waals surface area (Å²) in [4.78, 5) is 14.2. The molecule has 4 heteroatoms. The summed E-state index contributed by atoms with van der Waals surface area (Å²) in [7, 11) is 0. The highest BCUT2D eigenvalue weighted by Crippen LogP contribution is 2.14. The fraction of sp³-hybridized carbons (Fsp3) is 0.923. The molecule has 0 aromatic rings. The van der Waals surface area contributed by atoms with Crippen molar-refractivity contribution in [2.24, 2.45) is 5.92 Å². The average Bonchev–Trinajstić information content (AvgIpc) is 2.36. The molecule has 0 unspecified atom stereocenters. The molecule has 1 aliphatic heterocycles. The summed E-state index contributed by atoms with van der Waals surface area (Å²) in [6.45, 7) is 6.28. The molecule has 3 nitrogen and oxygen atoms in total. The van der Waals surface area contributed by atoms with E-state index in [9.17, 15) is 4.79 Å². The largest absolute Gasteiger partial charge is 0.342 e. The lowest BCUT2D eigenvalue weighted by atomic mass is 9.97. The van der Waals surface area contributed by atoms with Gasteiger partial charge in [0, 0.05) is 25.3 Å². The van der Waals surface area contributed by atoms with Gasteiger partial charge in [-0.3, -0.25) is 4.79 Å². The molecule has 0 saturated carbocycles. The Hall–Kier alpha value is -0.220. The van der Waals surface area contributed by atoms with Gasteiger partial charge in [0.2, 0.25) is 5.91 Å². The van der Waals surface area contributed by atoms with E-state index in [1.54, 1.807) is 11.8 Å². The zero-order valence-electron chi connectivity index (χ0n) is 11.2. The minimum atomic E-state index is 0.347. The third-order valence-corrected chi connectivity index (χ3v) is 3.92. The van der Waals surface area contributed by atoms with Crippen LogP contribution < -0.4 is 5.32 Å². The molecule has 1 rings (SSSR count). The lowest BCUT2D eigenvalue weighted by Crippen LogP contribution is -2.39. The van der Waals surface area contributed by atoms with E-state index < -0.39 is 0 Å². The van der Waals surface area contributed by atoms with Crippen LogP contribution in [0, 0.1) is 5.92 Å². The second-order valence-electron chi connectivity index (χ2n) is 4.78. The molecule has 100 valence electrons. The molecule has 0 radical (unpaired) electrons. The van der Waals surface area contributed by atoms with Crippen LogP contribution in [0.2, 0.25) is 0 Å². The lowest BCUT2D eigenvalue weighted by molar-refractivity contribution is -0.131. The van der Waals surface area contributed by atoms with Crippen molar-refractivity contribution >= 4 is 17.7 Å². The third-order valence-electron chi connectivity index (χ3n) is 3.30. The fourth-order valence-corrected chi connectivity index (χ4v) is 2.69. The zero-order valence-corrected chi connectivity index (χ0v) is 12.0. The van der Waals surface area contributed by atoms with Crippen LogP contribution in [-0.4, -0.2) is 49.0 Å². The highest BCUT2D eigenvalue weighted by atomic mass is 32.2. The molecule has 0 aromatic carbocycles. The first-order valence-electron chi connectivity index (χ1n) is 6.75. The van der Waals surface area contributed by atoms with Crippen molar-refractivity contribution in [3.05, 3.63) is 0 Å². The number of rotatable bonds is 7. The van der Waals surface area contributed by atoms with Gasteiger partial charge in [0.05, 0.1) is 0 Å². The van der Waals surface area contributed by atoms with Crippen LogP contribution in [0.4, 0.5) is 0 Å².